The Bertz CT molecular complexity index is 488. The molecule has 3 nitrogen and oxygen atoms in total. The molecule has 0 fully saturated rings. The van der Waals surface area contributed by atoms with Crippen LogP contribution in [0.2, 0.25) is 0 Å². The number of ether oxygens (including phenoxy) is 1. The monoisotopic (exact) mass is 286 g/mol. The van der Waals surface area contributed by atoms with Crippen molar-refractivity contribution in [2.45, 2.75) is 57.1 Å². The summed E-state index contributed by atoms with van der Waals surface area (Å²) >= 11 is 0. The summed E-state index contributed by atoms with van der Waals surface area (Å²) in [6, 6.07) is 11.0. The summed E-state index contributed by atoms with van der Waals surface area (Å²) < 4.78 is 6.10. The first-order valence-corrected chi connectivity index (χ1v) is 8.04. The van der Waals surface area contributed by atoms with Crippen LogP contribution < -0.4 is 5.32 Å². The van der Waals surface area contributed by atoms with Gasteiger partial charge >= 0.3 is 0 Å². The molecule has 2 atom stereocenters. The van der Waals surface area contributed by atoms with Gasteiger partial charge in [-0.1, -0.05) is 31.2 Å². The molecule has 0 amide bonds. The van der Waals surface area contributed by atoms with E-state index in [9.17, 15) is 5.26 Å². The lowest BCUT2D eigenvalue weighted by atomic mass is 9.89. The summed E-state index contributed by atoms with van der Waals surface area (Å²) in [4.78, 5) is 0. The fourth-order valence-corrected chi connectivity index (χ4v) is 3.15. The number of hydrogen-bond acceptors (Lipinski definition) is 3. The van der Waals surface area contributed by atoms with E-state index in [0.29, 0.717) is 0 Å². The molecule has 0 aliphatic heterocycles. The Labute approximate surface area is 128 Å². The Morgan fingerprint density at radius 2 is 2.24 bits per heavy atom. The first-order valence-electron chi connectivity index (χ1n) is 8.04. The Morgan fingerprint density at radius 3 is 2.95 bits per heavy atom. The van der Waals surface area contributed by atoms with E-state index in [2.05, 4.69) is 42.6 Å². The fourth-order valence-electron chi connectivity index (χ4n) is 3.15. The molecular formula is C18H26N2O. The second-order valence-electron chi connectivity index (χ2n) is 5.85. The van der Waals surface area contributed by atoms with E-state index in [-0.39, 0.29) is 6.10 Å². The molecular weight excluding hydrogens is 260 g/mol. The third-order valence-corrected chi connectivity index (χ3v) is 4.68. The predicted molar refractivity (Wildman–Crippen MR) is 85.0 cm³/mol. The Kier molecular flexibility index (Phi) is 5.78. The predicted octanol–water partition coefficient (Wildman–Crippen LogP) is 3.75. The number of fused-ring (bicyclic) bond motifs is 1. The van der Waals surface area contributed by atoms with Crippen LogP contribution in [0, 0.1) is 11.3 Å². The summed E-state index contributed by atoms with van der Waals surface area (Å²) in [7, 11) is 1.87. The van der Waals surface area contributed by atoms with Gasteiger partial charge in [0, 0.05) is 6.61 Å². The van der Waals surface area contributed by atoms with Gasteiger partial charge < -0.3 is 10.1 Å². The van der Waals surface area contributed by atoms with Gasteiger partial charge in [-0.2, -0.15) is 5.26 Å². The van der Waals surface area contributed by atoms with E-state index in [4.69, 9.17) is 4.74 Å². The Morgan fingerprint density at radius 1 is 1.43 bits per heavy atom. The van der Waals surface area contributed by atoms with Crippen LogP contribution in [0.15, 0.2) is 24.3 Å². The van der Waals surface area contributed by atoms with Crippen LogP contribution in [-0.2, 0) is 11.2 Å². The zero-order valence-electron chi connectivity index (χ0n) is 13.2. The van der Waals surface area contributed by atoms with Crippen molar-refractivity contribution >= 4 is 0 Å². The third-order valence-electron chi connectivity index (χ3n) is 4.68. The summed E-state index contributed by atoms with van der Waals surface area (Å²) in [5.74, 6) is 0. The maximum atomic E-state index is 9.30. The van der Waals surface area contributed by atoms with E-state index in [0.717, 1.165) is 32.3 Å². The molecule has 1 aromatic rings. The maximum absolute atomic E-state index is 9.30. The molecule has 2 unspecified atom stereocenters. The minimum atomic E-state index is -0.395. The molecule has 1 aliphatic carbocycles. The van der Waals surface area contributed by atoms with Crippen LogP contribution in [0.1, 0.15) is 56.3 Å². The molecule has 114 valence electrons. The average Bonchev–Trinajstić information content (AvgIpc) is 2.56. The van der Waals surface area contributed by atoms with Crippen LogP contribution in [-0.4, -0.2) is 19.2 Å². The quantitative estimate of drug-likeness (QED) is 0.776. The molecule has 0 saturated carbocycles. The number of nitrogens with zero attached hydrogens (tertiary/aromatic N) is 1. The van der Waals surface area contributed by atoms with Crippen LogP contribution >= 0.6 is 0 Å². The number of hydrogen-bond donors (Lipinski definition) is 1. The molecule has 0 heterocycles. The minimum Gasteiger partial charge on any atom is -0.374 e. The number of nitriles is 1. The van der Waals surface area contributed by atoms with E-state index < -0.39 is 5.54 Å². The van der Waals surface area contributed by atoms with Gasteiger partial charge in [0.25, 0.3) is 0 Å². The van der Waals surface area contributed by atoms with Crippen LogP contribution in [0.3, 0.4) is 0 Å². The number of benzene rings is 1. The molecule has 2 rings (SSSR count). The van der Waals surface area contributed by atoms with Crippen LogP contribution in [0.5, 0.6) is 0 Å². The van der Waals surface area contributed by atoms with E-state index in [1.54, 1.807) is 0 Å². The SMILES string of the molecule is CCC(C#N)(CCCOC1CCCc2ccccc21)NC. The van der Waals surface area contributed by atoms with Crippen LogP contribution in [0.25, 0.3) is 0 Å². The van der Waals surface area contributed by atoms with Gasteiger partial charge in [-0.05, 0) is 56.7 Å². The van der Waals surface area contributed by atoms with Crippen LogP contribution in [0.4, 0.5) is 0 Å². The van der Waals surface area contributed by atoms with Crippen molar-refractivity contribution in [3.8, 4) is 6.07 Å². The van der Waals surface area contributed by atoms with Crippen molar-refractivity contribution in [2.75, 3.05) is 13.7 Å². The lowest BCUT2D eigenvalue weighted by molar-refractivity contribution is 0.0362. The second kappa shape index (κ2) is 7.59. The van der Waals surface area contributed by atoms with E-state index in [1.807, 2.05) is 7.05 Å². The Balaban J connectivity index is 1.84. The molecule has 21 heavy (non-hydrogen) atoms. The van der Waals surface area contributed by atoms with Gasteiger partial charge in [0.15, 0.2) is 0 Å². The largest absolute Gasteiger partial charge is 0.374 e. The highest BCUT2D eigenvalue weighted by Crippen LogP contribution is 2.32. The topological polar surface area (TPSA) is 45.0 Å². The minimum absolute atomic E-state index is 0.239. The zero-order chi connectivity index (χ0) is 15.1. The van der Waals surface area contributed by atoms with Gasteiger partial charge in [0.1, 0.15) is 5.54 Å². The highest BCUT2D eigenvalue weighted by molar-refractivity contribution is 5.31. The van der Waals surface area contributed by atoms with Gasteiger partial charge in [-0.15, -0.1) is 0 Å². The first-order chi connectivity index (χ1) is 10.2. The summed E-state index contributed by atoms with van der Waals surface area (Å²) in [5.41, 5.74) is 2.40. The van der Waals surface area contributed by atoms with Gasteiger partial charge in [0.2, 0.25) is 0 Å². The van der Waals surface area contributed by atoms with Gasteiger partial charge in [-0.3, -0.25) is 0 Å². The van der Waals surface area contributed by atoms with Crippen molar-refractivity contribution in [1.29, 1.82) is 5.26 Å². The number of aryl methyl sites for hydroxylation is 1. The molecule has 0 bridgehead atoms. The lowest BCUT2D eigenvalue weighted by Gasteiger charge is -2.27. The standard InChI is InChI=1S/C18H26N2O/c1-3-18(14-19,20-2)12-7-13-21-17-11-6-9-15-8-4-5-10-16(15)17/h4-5,8,10,17,20H,3,6-7,9,11-13H2,1-2H3. The highest BCUT2D eigenvalue weighted by atomic mass is 16.5. The second-order valence-corrected chi connectivity index (χ2v) is 5.85. The Hall–Kier alpha value is -1.37. The molecule has 3 heteroatoms. The molecule has 0 aromatic heterocycles. The molecule has 0 spiro atoms. The van der Waals surface area contributed by atoms with Crippen molar-refractivity contribution in [3.63, 3.8) is 0 Å². The normalized spacial score (nSPS) is 20.3. The number of nitrogens with one attached hydrogen (secondary N) is 1. The first kappa shape index (κ1) is 16.0. The average molecular weight is 286 g/mol. The lowest BCUT2D eigenvalue weighted by Crippen LogP contribution is -2.40. The summed E-state index contributed by atoms with van der Waals surface area (Å²) in [6.45, 7) is 2.78. The third kappa shape index (κ3) is 3.84. The molecule has 1 aromatic carbocycles. The summed E-state index contributed by atoms with van der Waals surface area (Å²) in [5, 5.41) is 12.5. The maximum Gasteiger partial charge on any atom is 0.106 e. The van der Waals surface area contributed by atoms with Crippen molar-refractivity contribution in [3.05, 3.63) is 35.4 Å². The number of rotatable bonds is 7. The molecule has 1 aliphatic rings. The van der Waals surface area contributed by atoms with E-state index >= 15 is 0 Å². The van der Waals surface area contributed by atoms with Crippen molar-refractivity contribution in [2.24, 2.45) is 0 Å². The van der Waals surface area contributed by atoms with Crippen molar-refractivity contribution in [1.82, 2.24) is 5.32 Å². The van der Waals surface area contributed by atoms with Gasteiger partial charge in [0.05, 0.1) is 12.2 Å². The molecule has 0 saturated heterocycles. The smallest absolute Gasteiger partial charge is 0.106 e. The fraction of sp³-hybridized carbons (Fsp3) is 0.611. The van der Waals surface area contributed by atoms with E-state index in [1.165, 1.54) is 24.0 Å². The molecule has 1 N–H and O–H groups in total. The summed E-state index contributed by atoms with van der Waals surface area (Å²) in [6.07, 6.45) is 6.30. The van der Waals surface area contributed by atoms with Crippen molar-refractivity contribution < 1.29 is 4.74 Å². The highest BCUT2D eigenvalue weighted by Gasteiger charge is 2.25. The zero-order valence-corrected chi connectivity index (χ0v) is 13.2. The molecule has 0 radical (unpaired) electrons. The van der Waals surface area contributed by atoms with Gasteiger partial charge in [-0.25, -0.2) is 0 Å².